The van der Waals surface area contributed by atoms with Gasteiger partial charge >= 0.3 is 0 Å². The number of aromatic amines is 1. The number of likely N-dealkylation sites (tertiary alicyclic amines) is 1. The number of hydrogen-bond donors (Lipinski definition) is 2. The molecule has 4 aromatic rings. The number of piperidine rings is 1. The van der Waals surface area contributed by atoms with Crippen LogP contribution < -0.4 is 5.32 Å². The minimum atomic E-state index is -0.282. The molecule has 1 saturated heterocycles. The van der Waals surface area contributed by atoms with Crippen molar-refractivity contribution in [3.8, 4) is 11.1 Å². The lowest BCUT2D eigenvalue weighted by atomic mass is 9.93. The van der Waals surface area contributed by atoms with Crippen molar-refractivity contribution in [1.29, 1.82) is 0 Å². The number of hydrogen-bond acceptors (Lipinski definition) is 3. The molecular weight excluding hydrogens is 406 g/mol. The van der Waals surface area contributed by atoms with Crippen LogP contribution in [-0.4, -0.2) is 35.0 Å². The first-order chi connectivity index (χ1) is 15.6. The summed E-state index contributed by atoms with van der Waals surface area (Å²) < 4.78 is 28.3. The Balaban J connectivity index is 1.44. The lowest BCUT2D eigenvalue weighted by Crippen LogP contribution is -2.29. The molecule has 0 amide bonds. The molecule has 0 spiro atoms. The summed E-state index contributed by atoms with van der Waals surface area (Å²) in [7, 11) is 2.15. The molecule has 164 valence electrons. The van der Waals surface area contributed by atoms with Gasteiger partial charge in [-0.3, -0.25) is 0 Å². The van der Waals surface area contributed by atoms with Gasteiger partial charge in [-0.15, -0.1) is 0 Å². The maximum Gasteiger partial charge on any atom is 0.138 e. The van der Waals surface area contributed by atoms with Crippen LogP contribution >= 0.6 is 0 Å². The Hall–Kier alpha value is -3.25. The van der Waals surface area contributed by atoms with Crippen LogP contribution in [0.2, 0.25) is 0 Å². The number of pyridine rings is 1. The number of H-pyrrole nitrogens is 1. The molecule has 1 fully saturated rings. The van der Waals surface area contributed by atoms with E-state index < -0.39 is 0 Å². The van der Waals surface area contributed by atoms with Crippen LogP contribution in [-0.2, 0) is 6.54 Å². The van der Waals surface area contributed by atoms with Gasteiger partial charge in [-0.05, 0) is 86.6 Å². The van der Waals surface area contributed by atoms with E-state index in [2.05, 4.69) is 33.3 Å². The highest BCUT2D eigenvalue weighted by Gasteiger charge is 2.21. The van der Waals surface area contributed by atoms with Crippen LogP contribution in [0.1, 0.15) is 30.0 Å². The molecule has 2 aromatic heterocycles. The second kappa shape index (κ2) is 8.71. The molecule has 0 bridgehead atoms. The molecule has 4 nitrogen and oxygen atoms in total. The quantitative estimate of drug-likeness (QED) is 0.411. The molecule has 0 radical (unpaired) electrons. The van der Waals surface area contributed by atoms with Gasteiger partial charge in [-0.2, -0.15) is 0 Å². The number of rotatable bonds is 5. The van der Waals surface area contributed by atoms with Crippen LogP contribution in [0.25, 0.3) is 22.2 Å². The van der Waals surface area contributed by atoms with E-state index in [9.17, 15) is 8.78 Å². The zero-order valence-corrected chi connectivity index (χ0v) is 18.0. The number of benzene rings is 2. The zero-order chi connectivity index (χ0) is 22.1. The molecule has 5 rings (SSSR count). The maximum absolute atomic E-state index is 14.9. The number of aromatic nitrogens is 2. The Kier molecular flexibility index (Phi) is 5.62. The van der Waals surface area contributed by atoms with Gasteiger partial charge in [-0.1, -0.05) is 12.1 Å². The lowest BCUT2D eigenvalue weighted by molar-refractivity contribution is 0.254. The van der Waals surface area contributed by atoms with Gasteiger partial charge in [0.15, 0.2) is 0 Å². The van der Waals surface area contributed by atoms with Crippen molar-refractivity contribution in [2.75, 3.05) is 25.5 Å². The van der Waals surface area contributed by atoms with Gasteiger partial charge in [0.1, 0.15) is 17.3 Å². The van der Waals surface area contributed by atoms with Crippen molar-refractivity contribution >= 4 is 16.7 Å². The van der Waals surface area contributed by atoms with E-state index in [1.165, 1.54) is 23.9 Å². The highest BCUT2D eigenvalue weighted by molar-refractivity contribution is 5.94. The number of nitrogens with one attached hydrogen (secondary N) is 2. The van der Waals surface area contributed by atoms with Crippen molar-refractivity contribution in [3.63, 3.8) is 0 Å². The van der Waals surface area contributed by atoms with Crippen molar-refractivity contribution in [1.82, 2.24) is 14.9 Å². The van der Waals surface area contributed by atoms with E-state index in [0.717, 1.165) is 53.8 Å². The van der Waals surface area contributed by atoms with Gasteiger partial charge in [0.05, 0.1) is 0 Å². The fraction of sp³-hybridized carbons (Fsp3) is 0.269. The smallest absolute Gasteiger partial charge is 0.138 e. The number of fused-ring (bicyclic) bond motifs is 1. The van der Waals surface area contributed by atoms with E-state index in [0.29, 0.717) is 18.0 Å². The van der Waals surface area contributed by atoms with Gasteiger partial charge in [-0.25, -0.2) is 13.8 Å². The summed E-state index contributed by atoms with van der Waals surface area (Å²) in [6.07, 6.45) is 3.93. The first-order valence-electron chi connectivity index (χ1n) is 11.0. The average molecular weight is 433 g/mol. The molecule has 1 aliphatic heterocycles. The average Bonchev–Trinajstić information content (AvgIpc) is 3.24. The second-order valence-electron chi connectivity index (χ2n) is 8.60. The Morgan fingerprint density at radius 1 is 1.03 bits per heavy atom. The fourth-order valence-electron chi connectivity index (χ4n) is 4.51. The second-order valence-corrected chi connectivity index (χ2v) is 8.60. The SMILES string of the molecule is CN1CCC(c2cc3c(-c4cc(NCc5cccc(F)c5)ccc4F)ccnc3[nH]2)CC1. The standard InChI is InChI=1S/C26H26F2N4/c1-32-11-8-18(9-12-32)25-15-23-21(7-10-29-26(23)31-25)22-14-20(5-6-24(22)28)30-16-17-3-2-4-19(27)13-17/h2-7,10,13-15,18,30H,8-9,11-12,16H2,1H3,(H,29,31). The highest BCUT2D eigenvalue weighted by atomic mass is 19.1. The van der Waals surface area contributed by atoms with Crippen molar-refractivity contribution < 1.29 is 8.78 Å². The van der Waals surface area contributed by atoms with Crippen LogP contribution in [0.5, 0.6) is 0 Å². The number of halogens is 2. The molecule has 3 heterocycles. The molecule has 0 saturated carbocycles. The van der Waals surface area contributed by atoms with E-state index in [1.54, 1.807) is 18.3 Å². The molecule has 32 heavy (non-hydrogen) atoms. The summed E-state index contributed by atoms with van der Waals surface area (Å²) in [6, 6.07) is 15.5. The predicted octanol–water partition coefficient (Wildman–Crippen LogP) is 5.93. The summed E-state index contributed by atoms with van der Waals surface area (Å²) in [6.45, 7) is 2.61. The van der Waals surface area contributed by atoms with Gasteiger partial charge in [0.25, 0.3) is 0 Å². The minimum Gasteiger partial charge on any atom is -0.381 e. The third-order valence-electron chi connectivity index (χ3n) is 6.35. The fourth-order valence-corrected chi connectivity index (χ4v) is 4.51. The molecule has 2 aromatic carbocycles. The molecule has 0 unspecified atom stereocenters. The van der Waals surface area contributed by atoms with E-state index in [1.807, 2.05) is 18.2 Å². The van der Waals surface area contributed by atoms with Crippen LogP contribution in [0, 0.1) is 11.6 Å². The summed E-state index contributed by atoms with van der Waals surface area (Å²) in [4.78, 5) is 10.3. The molecule has 1 aliphatic rings. The highest BCUT2D eigenvalue weighted by Crippen LogP contribution is 2.35. The third-order valence-corrected chi connectivity index (χ3v) is 6.35. The lowest BCUT2D eigenvalue weighted by Gasteiger charge is -2.28. The van der Waals surface area contributed by atoms with Gasteiger partial charge < -0.3 is 15.2 Å². The summed E-state index contributed by atoms with van der Waals surface area (Å²) in [5, 5.41) is 4.21. The largest absolute Gasteiger partial charge is 0.381 e. The van der Waals surface area contributed by atoms with E-state index in [-0.39, 0.29) is 11.6 Å². The molecular formula is C26H26F2N4. The minimum absolute atomic E-state index is 0.267. The summed E-state index contributed by atoms with van der Waals surface area (Å²) in [5.74, 6) is -0.0793. The zero-order valence-electron chi connectivity index (χ0n) is 18.0. The van der Waals surface area contributed by atoms with E-state index >= 15 is 0 Å². The van der Waals surface area contributed by atoms with Crippen molar-refractivity contribution in [2.45, 2.75) is 25.3 Å². The third kappa shape index (κ3) is 4.23. The summed E-state index contributed by atoms with van der Waals surface area (Å²) >= 11 is 0. The normalized spacial score (nSPS) is 15.3. The van der Waals surface area contributed by atoms with Crippen LogP contribution in [0.15, 0.2) is 60.8 Å². The molecule has 0 aliphatic carbocycles. The Bertz CT molecular complexity index is 1240. The Morgan fingerprint density at radius 2 is 1.88 bits per heavy atom. The predicted molar refractivity (Wildman–Crippen MR) is 125 cm³/mol. The molecule has 2 N–H and O–H groups in total. The first-order valence-corrected chi connectivity index (χ1v) is 11.0. The Labute approximate surface area is 186 Å². The topological polar surface area (TPSA) is 44.0 Å². The monoisotopic (exact) mass is 432 g/mol. The van der Waals surface area contributed by atoms with Crippen molar-refractivity contribution in [2.24, 2.45) is 0 Å². The molecule has 0 atom stereocenters. The molecule has 6 heteroatoms. The number of nitrogens with zero attached hydrogens (tertiary/aromatic N) is 2. The van der Waals surface area contributed by atoms with Gasteiger partial charge in [0, 0.05) is 41.0 Å². The number of anilines is 1. The Morgan fingerprint density at radius 3 is 2.69 bits per heavy atom. The maximum atomic E-state index is 14.9. The van der Waals surface area contributed by atoms with Crippen molar-refractivity contribution in [3.05, 3.63) is 83.7 Å². The summed E-state index contributed by atoms with van der Waals surface area (Å²) in [5.41, 5.74) is 4.91. The van der Waals surface area contributed by atoms with E-state index in [4.69, 9.17) is 0 Å². The van der Waals surface area contributed by atoms with Crippen LogP contribution in [0.3, 0.4) is 0 Å². The van der Waals surface area contributed by atoms with Gasteiger partial charge in [0.2, 0.25) is 0 Å². The van der Waals surface area contributed by atoms with Crippen LogP contribution in [0.4, 0.5) is 14.5 Å². The first kappa shape index (κ1) is 20.6.